The second-order valence-corrected chi connectivity index (χ2v) is 5.69. The molecule has 0 radical (unpaired) electrons. The zero-order valence-corrected chi connectivity index (χ0v) is 12.2. The third-order valence-corrected chi connectivity index (χ3v) is 4.09. The van der Waals surface area contributed by atoms with Gasteiger partial charge in [0, 0.05) is 0 Å². The molecule has 0 fully saturated rings. The second-order valence-electron chi connectivity index (χ2n) is 5.69. The number of aryl methyl sites for hydroxylation is 1. The molecule has 0 bridgehead atoms. The Morgan fingerprint density at radius 2 is 1.35 bits per heavy atom. The lowest BCUT2D eigenvalue weighted by atomic mass is 9.99. The summed E-state index contributed by atoms with van der Waals surface area (Å²) in [5, 5.41) is 5.39. The maximum atomic E-state index is 2.37. The molecule has 20 heavy (non-hydrogen) atoms. The van der Waals surface area contributed by atoms with Crippen molar-refractivity contribution in [1.29, 1.82) is 0 Å². The lowest BCUT2D eigenvalue weighted by Gasteiger charge is -2.06. The van der Waals surface area contributed by atoms with Gasteiger partial charge in [-0.1, -0.05) is 68.7 Å². The molecular weight excluding hydrogens is 240 g/mol. The van der Waals surface area contributed by atoms with E-state index in [4.69, 9.17) is 0 Å². The SMILES string of the molecule is CCCCCCc1ccc2cc3ccccc3cc2c1. The number of hydrogen-bond donors (Lipinski definition) is 0. The molecule has 0 atom stereocenters. The summed E-state index contributed by atoms with van der Waals surface area (Å²) in [6, 6.07) is 20.2. The highest BCUT2D eigenvalue weighted by atomic mass is 14.0. The normalized spacial score (nSPS) is 11.2. The maximum Gasteiger partial charge on any atom is -0.0175 e. The summed E-state index contributed by atoms with van der Waals surface area (Å²) in [4.78, 5) is 0. The first-order valence-electron chi connectivity index (χ1n) is 7.78. The van der Waals surface area contributed by atoms with Crippen LogP contribution in [-0.2, 0) is 6.42 Å². The Hall–Kier alpha value is -1.82. The van der Waals surface area contributed by atoms with Crippen molar-refractivity contribution >= 4 is 21.5 Å². The second kappa shape index (κ2) is 6.09. The standard InChI is InChI=1S/C20H22/c1-2-3-4-5-8-16-11-12-19-14-17-9-6-7-10-18(17)15-20(19)13-16/h6-7,9-15H,2-5,8H2,1H3. The Balaban J connectivity index is 1.88. The Bertz CT molecular complexity index is 709. The minimum absolute atomic E-state index is 1.21. The van der Waals surface area contributed by atoms with Crippen LogP contribution in [0.1, 0.15) is 38.2 Å². The summed E-state index contributed by atoms with van der Waals surface area (Å²) in [6.45, 7) is 2.27. The zero-order valence-electron chi connectivity index (χ0n) is 12.2. The zero-order chi connectivity index (χ0) is 13.8. The Kier molecular flexibility index (Phi) is 4.01. The van der Waals surface area contributed by atoms with E-state index in [9.17, 15) is 0 Å². The van der Waals surface area contributed by atoms with E-state index in [1.807, 2.05) is 0 Å². The first-order chi connectivity index (χ1) is 9.86. The van der Waals surface area contributed by atoms with Crippen molar-refractivity contribution in [2.75, 3.05) is 0 Å². The predicted octanol–water partition coefficient (Wildman–Crippen LogP) is 6.12. The van der Waals surface area contributed by atoms with Crippen LogP contribution in [0.15, 0.2) is 54.6 Å². The molecule has 0 aliphatic heterocycles. The van der Waals surface area contributed by atoms with Gasteiger partial charge in [-0.25, -0.2) is 0 Å². The van der Waals surface area contributed by atoms with E-state index in [2.05, 4.69) is 61.5 Å². The van der Waals surface area contributed by atoms with E-state index in [-0.39, 0.29) is 0 Å². The van der Waals surface area contributed by atoms with Gasteiger partial charge < -0.3 is 0 Å². The molecule has 3 aromatic rings. The molecular formula is C20H22. The summed E-state index contributed by atoms with van der Waals surface area (Å²) in [5.41, 5.74) is 1.48. The molecule has 0 aliphatic carbocycles. The number of hydrogen-bond acceptors (Lipinski definition) is 0. The van der Waals surface area contributed by atoms with Crippen LogP contribution >= 0.6 is 0 Å². The van der Waals surface area contributed by atoms with Crippen molar-refractivity contribution < 1.29 is 0 Å². The number of rotatable bonds is 5. The van der Waals surface area contributed by atoms with Gasteiger partial charge in [0.25, 0.3) is 0 Å². The summed E-state index contributed by atoms with van der Waals surface area (Å²) in [5.74, 6) is 0. The minimum atomic E-state index is 1.21. The van der Waals surface area contributed by atoms with Gasteiger partial charge in [0.2, 0.25) is 0 Å². The van der Waals surface area contributed by atoms with Crippen LogP contribution in [0, 0.1) is 0 Å². The fourth-order valence-electron chi connectivity index (χ4n) is 2.90. The fraction of sp³-hybridized carbons (Fsp3) is 0.300. The van der Waals surface area contributed by atoms with Crippen LogP contribution in [-0.4, -0.2) is 0 Å². The van der Waals surface area contributed by atoms with E-state index in [0.717, 1.165) is 0 Å². The fourth-order valence-corrected chi connectivity index (χ4v) is 2.90. The highest BCUT2D eigenvalue weighted by Crippen LogP contribution is 2.24. The molecule has 0 saturated carbocycles. The van der Waals surface area contributed by atoms with Crippen molar-refractivity contribution in [2.45, 2.75) is 39.0 Å². The largest absolute Gasteiger partial charge is 0.0654 e. The van der Waals surface area contributed by atoms with Gasteiger partial charge in [0.15, 0.2) is 0 Å². The number of unbranched alkanes of at least 4 members (excludes halogenated alkanes) is 3. The van der Waals surface area contributed by atoms with Gasteiger partial charge in [0.05, 0.1) is 0 Å². The first-order valence-corrected chi connectivity index (χ1v) is 7.78. The number of benzene rings is 3. The summed E-state index contributed by atoms with van der Waals surface area (Å²) < 4.78 is 0. The van der Waals surface area contributed by atoms with Crippen molar-refractivity contribution in [2.24, 2.45) is 0 Å². The summed E-state index contributed by atoms with van der Waals surface area (Å²) in [7, 11) is 0. The molecule has 0 amide bonds. The van der Waals surface area contributed by atoms with Crippen LogP contribution in [0.3, 0.4) is 0 Å². The van der Waals surface area contributed by atoms with Crippen molar-refractivity contribution in [3.05, 3.63) is 60.2 Å². The molecule has 0 saturated heterocycles. The molecule has 0 unspecified atom stereocenters. The average Bonchev–Trinajstić information content (AvgIpc) is 2.49. The van der Waals surface area contributed by atoms with Crippen LogP contribution in [0.25, 0.3) is 21.5 Å². The Morgan fingerprint density at radius 1 is 0.650 bits per heavy atom. The Labute approximate surface area is 121 Å². The maximum absolute atomic E-state index is 2.37. The summed E-state index contributed by atoms with van der Waals surface area (Å²) in [6.07, 6.45) is 6.55. The van der Waals surface area contributed by atoms with Crippen molar-refractivity contribution in [1.82, 2.24) is 0 Å². The highest BCUT2D eigenvalue weighted by Gasteiger charge is 2.00. The molecule has 0 heterocycles. The van der Waals surface area contributed by atoms with Gasteiger partial charge in [-0.2, -0.15) is 0 Å². The quantitative estimate of drug-likeness (QED) is 0.384. The molecule has 0 spiro atoms. The first kappa shape index (κ1) is 13.2. The number of fused-ring (bicyclic) bond motifs is 2. The van der Waals surface area contributed by atoms with E-state index in [1.54, 1.807) is 0 Å². The smallest absolute Gasteiger partial charge is 0.0175 e. The third kappa shape index (κ3) is 2.85. The lowest BCUT2D eigenvalue weighted by molar-refractivity contribution is 0.667. The van der Waals surface area contributed by atoms with E-state index >= 15 is 0 Å². The molecule has 0 aromatic heterocycles. The van der Waals surface area contributed by atoms with Gasteiger partial charge in [-0.3, -0.25) is 0 Å². The van der Waals surface area contributed by atoms with Gasteiger partial charge >= 0.3 is 0 Å². The van der Waals surface area contributed by atoms with Gasteiger partial charge in [0.1, 0.15) is 0 Å². The van der Waals surface area contributed by atoms with Crippen molar-refractivity contribution in [3.63, 3.8) is 0 Å². The van der Waals surface area contributed by atoms with Gasteiger partial charge in [-0.05, 0) is 52.1 Å². The van der Waals surface area contributed by atoms with Crippen molar-refractivity contribution in [3.8, 4) is 0 Å². The molecule has 3 aromatic carbocycles. The molecule has 0 heteroatoms. The molecule has 0 N–H and O–H groups in total. The molecule has 0 aliphatic rings. The van der Waals surface area contributed by atoms with Gasteiger partial charge in [-0.15, -0.1) is 0 Å². The van der Waals surface area contributed by atoms with E-state index in [1.165, 1.54) is 59.2 Å². The van der Waals surface area contributed by atoms with Crippen LogP contribution in [0.4, 0.5) is 0 Å². The highest BCUT2D eigenvalue weighted by molar-refractivity contribution is 5.98. The van der Waals surface area contributed by atoms with Crippen LogP contribution < -0.4 is 0 Å². The van der Waals surface area contributed by atoms with Crippen LogP contribution in [0.5, 0.6) is 0 Å². The molecule has 102 valence electrons. The predicted molar refractivity (Wildman–Crippen MR) is 89.3 cm³/mol. The average molecular weight is 262 g/mol. The lowest BCUT2D eigenvalue weighted by Crippen LogP contribution is -1.86. The summed E-state index contributed by atoms with van der Waals surface area (Å²) >= 11 is 0. The molecule has 3 rings (SSSR count). The third-order valence-electron chi connectivity index (χ3n) is 4.09. The minimum Gasteiger partial charge on any atom is -0.0654 e. The van der Waals surface area contributed by atoms with Crippen LogP contribution in [0.2, 0.25) is 0 Å². The topological polar surface area (TPSA) is 0 Å². The van der Waals surface area contributed by atoms with E-state index < -0.39 is 0 Å². The van der Waals surface area contributed by atoms with E-state index in [0.29, 0.717) is 0 Å². The Morgan fingerprint density at radius 3 is 2.10 bits per heavy atom. The molecule has 0 nitrogen and oxygen atoms in total. The monoisotopic (exact) mass is 262 g/mol.